The zero-order valence-corrected chi connectivity index (χ0v) is 19.7. The number of amides is 1. The Morgan fingerprint density at radius 3 is 2.53 bits per heavy atom. The fraction of sp³-hybridized carbons (Fsp3) is 0.739. The predicted molar refractivity (Wildman–Crippen MR) is 127 cm³/mol. The number of aromatic nitrogens is 2. The van der Waals surface area contributed by atoms with Gasteiger partial charge in [0.15, 0.2) is 5.96 Å². The molecule has 0 unspecified atom stereocenters. The molecule has 0 bridgehead atoms. The smallest absolute Gasteiger partial charge is 0.225 e. The van der Waals surface area contributed by atoms with E-state index in [0.717, 1.165) is 51.2 Å². The molecule has 178 valence electrons. The number of carbonyl (C=O) groups excluding carboxylic acids is 1. The van der Waals surface area contributed by atoms with Gasteiger partial charge in [0.2, 0.25) is 11.9 Å². The van der Waals surface area contributed by atoms with Crippen LogP contribution in [0.1, 0.15) is 45.4 Å². The summed E-state index contributed by atoms with van der Waals surface area (Å²) in [5.41, 5.74) is 0.296. The minimum Gasteiger partial charge on any atom is -0.382 e. The Morgan fingerprint density at radius 2 is 1.88 bits per heavy atom. The van der Waals surface area contributed by atoms with E-state index >= 15 is 0 Å². The molecule has 9 heteroatoms. The van der Waals surface area contributed by atoms with Gasteiger partial charge in [0, 0.05) is 78.3 Å². The van der Waals surface area contributed by atoms with Gasteiger partial charge >= 0.3 is 0 Å². The van der Waals surface area contributed by atoms with Crippen molar-refractivity contribution in [3.05, 3.63) is 18.5 Å². The molecule has 1 amide bonds. The third-order valence-electron chi connectivity index (χ3n) is 6.60. The van der Waals surface area contributed by atoms with Crippen molar-refractivity contribution >= 4 is 17.8 Å². The molecule has 3 rings (SSSR count). The van der Waals surface area contributed by atoms with Crippen molar-refractivity contribution in [1.29, 1.82) is 0 Å². The lowest BCUT2D eigenvalue weighted by atomic mass is 9.83. The molecule has 0 radical (unpaired) electrons. The van der Waals surface area contributed by atoms with Crippen molar-refractivity contribution in [3.8, 4) is 0 Å². The van der Waals surface area contributed by atoms with Crippen LogP contribution >= 0.6 is 0 Å². The Labute approximate surface area is 192 Å². The number of piperazine rings is 1. The van der Waals surface area contributed by atoms with Crippen LogP contribution in [0.2, 0.25) is 0 Å². The van der Waals surface area contributed by atoms with Crippen molar-refractivity contribution in [1.82, 2.24) is 25.5 Å². The molecule has 1 aromatic heterocycles. The number of guanidine groups is 1. The van der Waals surface area contributed by atoms with Crippen LogP contribution in [0.5, 0.6) is 0 Å². The fourth-order valence-electron chi connectivity index (χ4n) is 4.62. The van der Waals surface area contributed by atoms with E-state index in [-0.39, 0.29) is 5.91 Å². The molecular weight excluding hydrogens is 406 g/mol. The quantitative estimate of drug-likeness (QED) is 0.321. The van der Waals surface area contributed by atoms with Gasteiger partial charge in [-0.25, -0.2) is 9.97 Å². The van der Waals surface area contributed by atoms with Crippen molar-refractivity contribution in [3.63, 3.8) is 0 Å². The Hall–Kier alpha value is -2.42. The predicted octanol–water partition coefficient (Wildman–Crippen LogP) is 1.67. The second-order valence-corrected chi connectivity index (χ2v) is 8.67. The van der Waals surface area contributed by atoms with Crippen molar-refractivity contribution in [2.24, 2.45) is 10.4 Å². The lowest BCUT2D eigenvalue weighted by Gasteiger charge is -2.34. The first-order valence-electron chi connectivity index (χ1n) is 12.0. The molecule has 1 aliphatic heterocycles. The topological polar surface area (TPSA) is 95.0 Å². The molecule has 1 aliphatic carbocycles. The van der Waals surface area contributed by atoms with Gasteiger partial charge in [-0.2, -0.15) is 0 Å². The summed E-state index contributed by atoms with van der Waals surface area (Å²) in [4.78, 5) is 29.6. The van der Waals surface area contributed by atoms with Crippen LogP contribution in [0.15, 0.2) is 23.5 Å². The molecule has 0 spiro atoms. The molecule has 9 nitrogen and oxygen atoms in total. The van der Waals surface area contributed by atoms with Gasteiger partial charge in [-0.15, -0.1) is 0 Å². The van der Waals surface area contributed by atoms with Crippen LogP contribution in [0.3, 0.4) is 0 Å². The summed E-state index contributed by atoms with van der Waals surface area (Å²) >= 11 is 0. The monoisotopic (exact) mass is 445 g/mol. The molecule has 1 aromatic rings. The SMILES string of the molecule is CCOCCC1(CNC(=NC)NCCC(=O)N2CCN(c3ncccn3)CC2)CCCC1. The molecule has 2 heterocycles. The molecule has 2 fully saturated rings. The highest BCUT2D eigenvalue weighted by atomic mass is 16.5. The molecule has 0 aromatic carbocycles. The molecule has 1 saturated heterocycles. The largest absolute Gasteiger partial charge is 0.382 e. The molecule has 0 atom stereocenters. The highest BCUT2D eigenvalue weighted by Gasteiger charge is 2.33. The van der Waals surface area contributed by atoms with Gasteiger partial charge in [0.05, 0.1) is 0 Å². The first kappa shape index (κ1) is 24.2. The fourth-order valence-corrected chi connectivity index (χ4v) is 4.62. The van der Waals surface area contributed by atoms with Crippen LogP contribution in [-0.4, -0.2) is 86.3 Å². The maximum absolute atomic E-state index is 12.6. The van der Waals surface area contributed by atoms with E-state index in [1.54, 1.807) is 19.4 Å². The van der Waals surface area contributed by atoms with Crippen LogP contribution in [0.25, 0.3) is 0 Å². The number of nitrogens with one attached hydrogen (secondary N) is 2. The highest BCUT2D eigenvalue weighted by molar-refractivity contribution is 5.81. The second kappa shape index (κ2) is 12.6. The van der Waals surface area contributed by atoms with E-state index in [2.05, 4.69) is 30.5 Å². The number of anilines is 1. The number of aliphatic imine (C=N–C) groups is 1. The number of nitrogens with zero attached hydrogens (tertiary/aromatic N) is 5. The average molecular weight is 446 g/mol. The summed E-state index contributed by atoms with van der Waals surface area (Å²) in [6.45, 7) is 8.04. The number of hydrogen-bond donors (Lipinski definition) is 2. The lowest BCUT2D eigenvalue weighted by Crippen LogP contribution is -2.50. The molecule has 1 saturated carbocycles. The summed E-state index contributed by atoms with van der Waals surface area (Å²) in [5.74, 6) is 1.68. The molecule has 32 heavy (non-hydrogen) atoms. The number of hydrogen-bond acceptors (Lipinski definition) is 6. The molecule has 2 N–H and O–H groups in total. The number of rotatable bonds is 10. The standard InChI is InChI=1S/C23H39N7O2/c1-3-32-18-10-23(8-4-5-9-23)19-28-21(24-2)25-13-7-20(31)29-14-16-30(17-15-29)22-26-11-6-12-27-22/h6,11-12H,3-5,7-10,13-19H2,1-2H3,(H2,24,25,28). The summed E-state index contributed by atoms with van der Waals surface area (Å²) < 4.78 is 5.61. The van der Waals surface area contributed by atoms with Gasteiger partial charge in [-0.05, 0) is 37.7 Å². The van der Waals surface area contributed by atoms with Crippen LogP contribution in [0.4, 0.5) is 5.95 Å². The summed E-state index contributed by atoms with van der Waals surface area (Å²) in [5, 5.41) is 6.81. The maximum atomic E-state index is 12.6. The van der Waals surface area contributed by atoms with E-state index in [9.17, 15) is 4.79 Å². The normalized spacial score (nSPS) is 18.6. The summed E-state index contributed by atoms with van der Waals surface area (Å²) in [6.07, 6.45) is 10.1. The first-order chi connectivity index (χ1) is 15.7. The van der Waals surface area contributed by atoms with Crippen LogP contribution < -0.4 is 15.5 Å². The third-order valence-corrected chi connectivity index (χ3v) is 6.60. The van der Waals surface area contributed by atoms with Crippen molar-refractivity contribution < 1.29 is 9.53 Å². The van der Waals surface area contributed by atoms with Gasteiger partial charge in [-0.3, -0.25) is 9.79 Å². The Morgan fingerprint density at radius 1 is 1.16 bits per heavy atom. The van der Waals surface area contributed by atoms with Gasteiger partial charge in [0.25, 0.3) is 0 Å². The van der Waals surface area contributed by atoms with Gasteiger partial charge in [0.1, 0.15) is 0 Å². The van der Waals surface area contributed by atoms with E-state index in [1.165, 1.54) is 25.7 Å². The number of ether oxygens (including phenoxy) is 1. The Bertz CT molecular complexity index is 714. The Kier molecular flexibility index (Phi) is 9.52. The first-order valence-corrected chi connectivity index (χ1v) is 12.0. The lowest BCUT2D eigenvalue weighted by molar-refractivity contribution is -0.131. The summed E-state index contributed by atoms with van der Waals surface area (Å²) in [6, 6.07) is 1.81. The van der Waals surface area contributed by atoms with Crippen LogP contribution in [-0.2, 0) is 9.53 Å². The molecule has 2 aliphatic rings. The highest BCUT2D eigenvalue weighted by Crippen LogP contribution is 2.40. The second-order valence-electron chi connectivity index (χ2n) is 8.67. The van der Waals surface area contributed by atoms with Gasteiger partial charge in [-0.1, -0.05) is 12.8 Å². The zero-order valence-electron chi connectivity index (χ0n) is 19.7. The Balaban J connectivity index is 1.36. The minimum absolute atomic E-state index is 0.172. The van der Waals surface area contributed by atoms with E-state index in [4.69, 9.17) is 4.74 Å². The summed E-state index contributed by atoms with van der Waals surface area (Å²) in [7, 11) is 1.78. The minimum atomic E-state index is 0.172. The third kappa shape index (κ3) is 7.05. The maximum Gasteiger partial charge on any atom is 0.225 e. The van der Waals surface area contributed by atoms with E-state index < -0.39 is 0 Å². The van der Waals surface area contributed by atoms with Crippen molar-refractivity contribution in [2.75, 3.05) is 64.4 Å². The molecular formula is C23H39N7O2. The van der Waals surface area contributed by atoms with E-state index in [1.807, 2.05) is 17.9 Å². The average Bonchev–Trinajstić information content (AvgIpc) is 3.31. The van der Waals surface area contributed by atoms with Gasteiger partial charge < -0.3 is 25.2 Å². The van der Waals surface area contributed by atoms with Crippen LogP contribution in [0, 0.1) is 5.41 Å². The number of carbonyl (C=O) groups is 1. The zero-order chi connectivity index (χ0) is 22.7. The van der Waals surface area contributed by atoms with Crippen molar-refractivity contribution in [2.45, 2.75) is 45.4 Å². The van der Waals surface area contributed by atoms with E-state index in [0.29, 0.717) is 31.5 Å².